The van der Waals surface area contributed by atoms with E-state index in [1.807, 2.05) is 5.10 Å². The van der Waals surface area contributed by atoms with E-state index >= 15 is 0 Å². The lowest BCUT2D eigenvalue weighted by Gasteiger charge is -1.98. The van der Waals surface area contributed by atoms with E-state index in [2.05, 4.69) is 10.1 Å². The summed E-state index contributed by atoms with van der Waals surface area (Å²) in [5.41, 5.74) is -0.716. The van der Waals surface area contributed by atoms with Gasteiger partial charge in [0.2, 0.25) is 0 Å². The maximum Gasteiger partial charge on any atom is 0.296 e. The van der Waals surface area contributed by atoms with Crippen LogP contribution >= 0.6 is 10.7 Å². The summed E-state index contributed by atoms with van der Waals surface area (Å²) >= 11 is 0. The van der Waals surface area contributed by atoms with Crippen LogP contribution in [-0.2, 0) is 9.05 Å². The second kappa shape index (κ2) is 4.55. The third-order valence-corrected chi connectivity index (χ3v) is 3.17. The number of nitrogens with one attached hydrogen (secondary N) is 1. The van der Waals surface area contributed by atoms with Crippen LogP contribution in [0.15, 0.2) is 23.4 Å². The summed E-state index contributed by atoms with van der Waals surface area (Å²) in [5.74, 6) is -1.09. The third-order valence-electron chi connectivity index (χ3n) is 2.09. The Labute approximate surface area is 109 Å². The van der Waals surface area contributed by atoms with Crippen molar-refractivity contribution >= 4 is 25.4 Å². The fourth-order valence-corrected chi connectivity index (χ4v) is 1.88. The molecule has 0 aliphatic heterocycles. The minimum atomic E-state index is -4.15. The van der Waals surface area contributed by atoms with Gasteiger partial charge in [0.15, 0.2) is 5.82 Å². The molecule has 2 aromatic rings. The minimum absolute atomic E-state index is 0.257. The van der Waals surface area contributed by atoms with Crippen LogP contribution in [0.4, 0.5) is 10.1 Å². The highest BCUT2D eigenvalue weighted by Gasteiger charge is 2.22. The Kier molecular flexibility index (Phi) is 3.20. The Hall–Kier alpha value is -2.07. The molecule has 1 N–H and O–H groups in total. The molecule has 0 radical (unpaired) electrons. The van der Waals surface area contributed by atoms with Crippen LogP contribution in [0.5, 0.6) is 0 Å². The van der Waals surface area contributed by atoms with Gasteiger partial charge in [-0.3, -0.25) is 10.1 Å². The second-order valence-electron chi connectivity index (χ2n) is 3.32. The molecule has 2 rings (SSSR count). The van der Waals surface area contributed by atoms with E-state index in [-0.39, 0.29) is 11.4 Å². The van der Waals surface area contributed by atoms with Gasteiger partial charge in [-0.15, -0.1) is 0 Å². The Bertz CT molecular complexity index is 760. The first-order valence-corrected chi connectivity index (χ1v) is 6.91. The lowest BCUT2D eigenvalue weighted by Crippen LogP contribution is -1.95. The first-order chi connectivity index (χ1) is 8.79. The SMILES string of the molecule is O=[N+]([O-])c1ccc(F)cc1-c1n[nH]c(S(=O)(=O)Cl)n1. The highest BCUT2D eigenvalue weighted by atomic mass is 35.7. The first kappa shape index (κ1) is 13.4. The van der Waals surface area contributed by atoms with Crippen LogP contribution in [0.2, 0.25) is 0 Å². The van der Waals surface area contributed by atoms with Crippen LogP contribution < -0.4 is 0 Å². The Morgan fingerprint density at radius 1 is 1.42 bits per heavy atom. The molecule has 1 heterocycles. The Morgan fingerprint density at radius 2 is 2.11 bits per heavy atom. The van der Waals surface area contributed by atoms with Crippen LogP contribution in [0.25, 0.3) is 11.4 Å². The van der Waals surface area contributed by atoms with Crippen molar-refractivity contribution in [2.45, 2.75) is 5.16 Å². The van der Waals surface area contributed by atoms with Gasteiger partial charge in [0.05, 0.1) is 4.92 Å². The number of hydrogen-bond acceptors (Lipinski definition) is 6. The lowest BCUT2D eigenvalue weighted by atomic mass is 10.1. The van der Waals surface area contributed by atoms with Crippen molar-refractivity contribution < 1.29 is 17.7 Å². The van der Waals surface area contributed by atoms with E-state index in [4.69, 9.17) is 10.7 Å². The van der Waals surface area contributed by atoms with Crippen LogP contribution in [-0.4, -0.2) is 28.5 Å². The molecule has 1 aromatic carbocycles. The number of nitrogens with zero attached hydrogens (tertiary/aromatic N) is 3. The smallest absolute Gasteiger partial charge is 0.258 e. The number of rotatable bonds is 3. The third kappa shape index (κ3) is 2.69. The zero-order valence-electron chi connectivity index (χ0n) is 8.87. The largest absolute Gasteiger partial charge is 0.296 e. The van der Waals surface area contributed by atoms with Gasteiger partial charge in [0.25, 0.3) is 19.9 Å². The van der Waals surface area contributed by atoms with E-state index in [1.54, 1.807) is 0 Å². The summed E-state index contributed by atoms with van der Waals surface area (Å²) in [6.45, 7) is 0. The summed E-state index contributed by atoms with van der Waals surface area (Å²) in [5, 5.41) is 15.6. The second-order valence-corrected chi connectivity index (χ2v) is 5.80. The lowest BCUT2D eigenvalue weighted by molar-refractivity contribution is -0.384. The summed E-state index contributed by atoms with van der Waals surface area (Å²) in [6, 6.07) is 2.65. The zero-order chi connectivity index (χ0) is 14.2. The predicted molar refractivity (Wildman–Crippen MR) is 61.5 cm³/mol. The van der Waals surface area contributed by atoms with Crippen LogP contribution in [0, 0.1) is 15.9 Å². The van der Waals surface area contributed by atoms with Crippen LogP contribution in [0.1, 0.15) is 0 Å². The molecule has 11 heteroatoms. The van der Waals surface area contributed by atoms with Gasteiger partial charge in [-0.05, 0) is 12.1 Å². The van der Waals surface area contributed by atoms with Gasteiger partial charge >= 0.3 is 0 Å². The van der Waals surface area contributed by atoms with Crippen molar-refractivity contribution in [1.82, 2.24) is 15.2 Å². The number of halogens is 2. The van der Waals surface area contributed by atoms with Gasteiger partial charge < -0.3 is 0 Å². The van der Waals surface area contributed by atoms with Gasteiger partial charge in [0.1, 0.15) is 11.4 Å². The van der Waals surface area contributed by atoms with E-state index in [0.717, 1.165) is 18.2 Å². The maximum atomic E-state index is 13.1. The van der Waals surface area contributed by atoms with E-state index in [0.29, 0.717) is 0 Å². The monoisotopic (exact) mass is 306 g/mol. The number of nitro benzene ring substituents is 1. The quantitative estimate of drug-likeness (QED) is 0.520. The van der Waals surface area contributed by atoms with E-state index < -0.39 is 30.6 Å². The zero-order valence-corrected chi connectivity index (χ0v) is 10.4. The molecule has 0 atom stereocenters. The first-order valence-electron chi connectivity index (χ1n) is 4.60. The number of aromatic nitrogens is 3. The van der Waals surface area contributed by atoms with Gasteiger partial charge in [-0.25, -0.2) is 17.9 Å². The molecule has 1 aromatic heterocycles. The maximum absolute atomic E-state index is 13.1. The van der Waals surface area contributed by atoms with Gasteiger partial charge in [-0.1, -0.05) is 0 Å². The van der Waals surface area contributed by atoms with Crippen LogP contribution in [0.3, 0.4) is 0 Å². The van der Waals surface area contributed by atoms with Crippen molar-refractivity contribution in [3.8, 4) is 11.4 Å². The van der Waals surface area contributed by atoms with E-state index in [1.165, 1.54) is 0 Å². The van der Waals surface area contributed by atoms with Crippen molar-refractivity contribution in [2.75, 3.05) is 0 Å². The van der Waals surface area contributed by atoms with Gasteiger partial charge in [-0.2, -0.15) is 10.1 Å². The summed E-state index contributed by atoms with van der Waals surface area (Å²) in [4.78, 5) is 13.5. The molecule has 0 amide bonds. The Balaban J connectivity index is 2.62. The highest BCUT2D eigenvalue weighted by molar-refractivity contribution is 8.13. The molecular formula is C8H4ClFN4O4S. The molecule has 0 aliphatic carbocycles. The molecule has 100 valence electrons. The highest BCUT2D eigenvalue weighted by Crippen LogP contribution is 2.28. The molecule has 8 nitrogen and oxygen atoms in total. The number of H-pyrrole nitrogens is 1. The fourth-order valence-electron chi connectivity index (χ4n) is 1.32. The molecule has 0 aliphatic rings. The molecule has 0 saturated carbocycles. The van der Waals surface area contributed by atoms with Crippen molar-refractivity contribution in [2.24, 2.45) is 0 Å². The molecular weight excluding hydrogens is 303 g/mol. The van der Waals surface area contributed by atoms with E-state index in [9.17, 15) is 22.9 Å². The average Bonchev–Trinajstić information content (AvgIpc) is 2.77. The molecule has 0 bridgehead atoms. The fraction of sp³-hybridized carbons (Fsp3) is 0. The van der Waals surface area contributed by atoms with Gasteiger partial charge in [0, 0.05) is 16.7 Å². The normalized spacial score (nSPS) is 11.5. The Morgan fingerprint density at radius 3 is 2.63 bits per heavy atom. The molecule has 0 saturated heterocycles. The molecule has 0 unspecified atom stereocenters. The minimum Gasteiger partial charge on any atom is -0.258 e. The number of nitro groups is 1. The molecule has 0 spiro atoms. The molecule has 0 fully saturated rings. The van der Waals surface area contributed by atoms with Crippen molar-refractivity contribution in [1.29, 1.82) is 0 Å². The van der Waals surface area contributed by atoms with Crippen molar-refractivity contribution in [3.63, 3.8) is 0 Å². The molecule has 19 heavy (non-hydrogen) atoms. The predicted octanol–water partition coefficient (Wildman–Crippen LogP) is 1.45. The average molecular weight is 307 g/mol. The number of aromatic amines is 1. The standard InChI is InChI=1S/C8H4ClFN4O4S/c9-19(17,18)8-11-7(12-13-8)5-3-4(10)1-2-6(5)14(15)16/h1-3H,(H,11,12,13). The summed E-state index contributed by atoms with van der Waals surface area (Å²) in [7, 11) is 0.870. The summed E-state index contributed by atoms with van der Waals surface area (Å²) < 4.78 is 35.1. The topological polar surface area (TPSA) is 119 Å². The number of benzene rings is 1. The van der Waals surface area contributed by atoms with Crippen molar-refractivity contribution in [3.05, 3.63) is 34.1 Å². The summed E-state index contributed by atoms with van der Waals surface area (Å²) in [6.07, 6.45) is 0. The number of hydrogen-bond donors (Lipinski definition) is 1.